The summed E-state index contributed by atoms with van der Waals surface area (Å²) in [6.45, 7) is 14.7. The normalized spacial score (nSPS) is 19.0. The highest BCUT2D eigenvalue weighted by molar-refractivity contribution is 6.99. The maximum absolute atomic E-state index is 5.53. The van der Waals surface area contributed by atoms with Gasteiger partial charge in [-0.25, -0.2) is 0 Å². The lowest BCUT2D eigenvalue weighted by Crippen LogP contribution is -2.66. The zero-order chi connectivity index (χ0) is 34.2. The van der Waals surface area contributed by atoms with Gasteiger partial charge in [-0.2, -0.15) is 0 Å². The Morgan fingerprint density at radius 1 is 0.540 bits per heavy atom. The van der Waals surface area contributed by atoms with Gasteiger partial charge in [0.1, 0.15) is 0 Å². The number of benzene rings is 5. The molecule has 1 aliphatic carbocycles. The van der Waals surface area contributed by atoms with Gasteiger partial charge in [-0.1, -0.05) is 156 Å². The van der Waals surface area contributed by atoms with Crippen molar-refractivity contribution in [2.45, 2.75) is 76.0 Å². The Kier molecular flexibility index (Phi) is 5.92. The molecule has 0 radical (unpaired) electrons. The van der Waals surface area contributed by atoms with Crippen LogP contribution in [0.2, 0.25) is 0 Å². The van der Waals surface area contributed by atoms with E-state index in [1.165, 1.54) is 85.2 Å². The molecule has 6 aromatic rings. The fourth-order valence-electron chi connectivity index (χ4n) is 10.4. The van der Waals surface area contributed by atoms with Crippen LogP contribution in [-0.2, 0) is 21.7 Å². The van der Waals surface area contributed by atoms with E-state index in [-0.39, 0.29) is 23.0 Å². The molecule has 0 N–H and O–H groups in total. The van der Waals surface area contributed by atoms with Gasteiger partial charge in [0.25, 0.3) is 0 Å². The molecule has 0 saturated carbocycles. The van der Waals surface area contributed by atoms with Gasteiger partial charge in [-0.15, -0.1) is 0 Å². The number of hydrogen-bond donors (Lipinski definition) is 0. The Balaban J connectivity index is 1.42. The van der Waals surface area contributed by atoms with E-state index < -0.39 is 5.41 Å². The third kappa shape index (κ3) is 3.63. The number of pyridine rings is 1. The number of rotatable bonds is 2. The molecular formula is C47H43BN2. The van der Waals surface area contributed by atoms with Crippen LogP contribution in [0.5, 0.6) is 0 Å². The zero-order valence-electron chi connectivity index (χ0n) is 30.0. The molecule has 50 heavy (non-hydrogen) atoms. The molecule has 0 spiro atoms. The van der Waals surface area contributed by atoms with Crippen LogP contribution in [0.3, 0.4) is 0 Å². The smallest absolute Gasteiger partial charge is 0.249 e. The van der Waals surface area contributed by atoms with Crippen molar-refractivity contribution in [3.63, 3.8) is 0 Å². The minimum atomic E-state index is -0.601. The molecule has 0 bridgehead atoms. The van der Waals surface area contributed by atoms with Gasteiger partial charge < -0.3 is 4.90 Å². The zero-order valence-corrected chi connectivity index (χ0v) is 30.0. The highest BCUT2D eigenvalue weighted by Crippen LogP contribution is 2.55. The van der Waals surface area contributed by atoms with E-state index in [0.29, 0.717) is 0 Å². The highest BCUT2D eigenvalue weighted by Gasteiger charge is 2.55. The number of aromatic nitrogens is 1. The Bertz CT molecular complexity index is 2330. The molecule has 2 nitrogen and oxygen atoms in total. The Hall–Kier alpha value is -4.89. The van der Waals surface area contributed by atoms with Crippen LogP contribution in [0.4, 0.5) is 17.1 Å². The lowest BCUT2D eigenvalue weighted by molar-refractivity contribution is 0.331. The minimum Gasteiger partial charge on any atom is -0.311 e. The van der Waals surface area contributed by atoms with Crippen molar-refractivity contribution in [3.05, 3.63) is 172 Å². The molecule has 0 saturated heterocycles. The fourth-order valence-corrected chi connectivity index (χ4v) is 10.4. The van der Waals surface area contributed by atoms with E-state index in [0.717, 1.165) is 5.69 Å². The maximum atomic E-state index is 5.53. The van der Waals surface area contributed by atoms with Crippen LogP contribution in [-0.4, -0.2) is 11.7 Å². The monoisotopic (exact) mass is 646 g/mol. The van der Waals surface area contributed by atoms with E-state index in [4.69, 9.17) is 4.98 Å². The Labute approximate surface area is 297 Å². The SMILES string of the molecule is CC1(C)CCC(C)(C)c2cc3c(cc21)B1c2cccc4c2N(c2ccccc2C4(C)C)c2ccnc(c21)C3(c1ccccc1)c1ccccc1. The molecule has 5 aromatic carbocycles. The molecule has 0 unspecified atom stereocenters. The summed E-state index contributed by atoms with van der Waals surface area (Å²) < 4.78 is 0. The van der Waals surface area contributed by atoms with E-state index in [1.807, 2.05) is 0 Å². The van der Waals surface area contributed by atoms with Crippen molar-refractivity contribution >= 4 is 40.2 Å². The standard InChI is InChI=1S/C47H43BN2/c1-44(2)25-26-45(3,4)35-29-38-36(28-34(35)44)47(30-16-9-7-10-17-30,31-18-11-8-12-19-31)43-41-40(24-27-49-43)50-39-23-14-13-20-32(39)46(5,6)33-21-15-22-37(42(33)50)48(38)41/h7-24,27-29H,25-26H2,1-6H3. The third-order valence-electron chi connectivity index (χ3n) is 13.1. The van der Waals surface area contributed by atoms with Gasteiger partial charge in [-0.05, 0) is 85.7 Å². The van der Waals surface area contributed by atoms with Gasteiger partial charge in [0.2, 0.25) is 6.71 Å². The molecule has 10 rings (SSSR count). The summed E-state index contributed by atoms with van der Waals surface area (Å²) >= 11 is 0. The number of nitrogens with zero attached hydrogens (tertiary/aromatic N) is 2. The van der Waals surface area contributed by atoms with Crippen molar-refractivity contribution in [3.8, 4) is 0 Å². The highest BCUT2D eigenvalue weighted by atomic mass is 15.2. The summed E-state index contributed by atoms with van der Waals surface area (Å²) in [5.41, 5.74) is 18.2. The van der Waals surface area contributed by atoms with Gasteiger partial charge in [0, 0.05) is 23.0 Å². The quantitative estimate of drug-likeness (QED) is 0.174. The average molecular weight is 647 g/mol. The lowest BCUT2D eigenvalue weighted by atomic mass is 9.29. The topological polar surface area (TPSA) is 16.1 Å². The van der Waals surface area contributed by atoms with E-state index in [2.05, 4.69) is 174 Å². The van der Waals surface area contributed by atoms with Crippen molar-refractivity contribution in [1.82, 2.24) is 4.98 Å². The van der Waals surface area contributed by atoms with E-state index in [9.17, 15) is 0 Å². The second kappa shape index (κ2) is 9.88. The predicted molar refractivity (Wildman–Crippen MR) is 209 cm³/mol. The molecule has 1 aromatic heterocycles. The Morgan fingerprint density at radius 3 is 1.82 bits per heavy atom. The fraction of sp³-hybridized carbons (Fsp3) is 0.255. The number of fused-ring (bicyclic) bond motifs is 7. The van der Waals surface area contributed by atoms with Crippen LogP contribution >= 0.6 is 0 Å². The van der Waals surface area contributed by atoms with Crippen LogP contribution in [0.25, 0.3) is 0 Å². The second-order valence-corrected chi connectivity index (χ2v) is 17.0. The first-order valence-corrected chi connectivity index (χ1v) is 18.4. The average Bonchev–Trinajstić information content (AvgIpc) is 3.13. The summed E-state index contributed by atoms with van der Waals surface area (Å²) in [7, 11) is 0. The molecular weight excluding hydrogens is 603 g/mol. The number of hydrogen-bond acceptors (Lipinski definition) is 2. The molecule has 4 aliphatic rings. The summed E-state index contributed by atoms with van der Waals surface area (Å²) in [5.74, 6) is 0. The largest absolute Gasteiger partial charge is 0.311 e. The van der Waals surface area contributed by atoms with Crippen molar-refractivity contribution < 1.29 is 0 Å². The van der Waals surface area contributed by atoms with E-state index in [1.54, 1.807) is 0 Å². The molecule has 0 fully saturated rings. The summed E-state index contributed by atoms with van der Waals surface area (Å²) in [5, 5.41) is 0. The molecule has 244 valence electrons. The second-order valence-electron chi connectivity index (χ2n) is 17.0. The van der Waals surface area contributed by atoms with Crippen LogP contribution in [0.1, 0.15) is 99.0 Å². The van der Waals surface area contributed by atoms with Crippen LogP contribution in [0, 0.1) is 0 Å². The van der Waals surface area contributed by atoms with Gasteiger partial charge >= 0.3 is 0 Å². The van der Waals surface area contributed by atoms with E-state index >= 15 is 0 Å². The molecule has 3 heteroatoms. The minimum absolute atomic E-state index is 0.0580. The maximum Gasteiger partial charge on any atom is 0.249 e. The van der Waals surface area contributed by atoms with Crippen molar-refractivity contribution in [2.24, 2.45) is 0 Å². The first-order chi connectivity index (χ1) is 24.1. The molecule has 0 amide bonds. The Morgan fingerprint density at radius 2 is 1.14 bits per heavy atom. The first kappa shape index (κ1) is 30.0. The molecule has 3 aliphatic heterocycles. The molecule has 0 atom stereocenters. The number of para-hydroxylation sites is 2. The van der Waals surface area contributed by atoms with Gasteiger partial charge in [-0.3, -0.25) is 4.98 Å². The summed E-state index contributed by atoms with van der Waals surface area (Å²) in [6, 6.07) is 46.2. The first-order valence-electron chi connectivity index (χ1n) is 18.4. The molecule has 4 heterocycles. The lowest BCUT2D eigenvalue weighted by Gasteiger charge is -2.52. The summed E-state index contributed by atoms with van der Waals surface area (Å²) in [6.07, 6.45) is 4.44. The van der Waals surface area contributed by atoms with Crippen LogP contribution < -0.4 is 21.3 Å². The third-order valence-corrected chi connectivity index (χ3v) is 13.1. The van der Waals surface area contributed by atoms with Crippen molar-refractivity contribution in [2.75, 3.05) is 4.90 Å². The summed E-state index contributed by atoms with van der Waals surface area (Å²) in [4.78, 5) is 8.12. The van der Waals surface area contributed by atoms with Crippen LogP contribution in [0.15, 0.2) is 128 Å². The van der Waals surface area contributed by atoms with Gasteiger partial charge in [0.05, 0.1) is 16.8 Å². The van der Waals surface area contributed by atoms with Gasteiger partial charge in [0.15, 0.2) is 0 Å². The van der Waals surface area contributed by atoms with Crippen molar-refractivity contribution in [1.29, 1.82) is 0 Å². The number of anilines is 3. The predicted octanol–water partition coefficient (Wildman–Crippen LogP) is 9.07.